The van der Waals surface area contributed by atoms with Crippen molar-refractivity contribution in [3.63, 3.8) is 0 Å². The van der Waals surface area contributed by atoms with Crippen molar-refractivity contribution in [2.24, 2.45) is 0 Å². The Morgan fingerprint density at radius 1 is 1.00 bits per heavy atom. The van der Waals surface area contributed by atoms with E-state index in [1.54, 1.807) is 36.3 Å². The van der Waals surface area contributed by atoms with E-state index in [-0.39, 0.29) is 24.8 Å². The quantitative estimate of drug-likeness (QED) is 0.361. The smallest absolute Gasteiger partial charge is 0.242 e. The molecule has 9 heteroatoms. The van der Waals surface area contributed by atoms with E-state index in [9.17, 15) is 18.0 Å². The summed E-state index contributed by atoms with van der Waals surface area (Å²) < 4.78 is 31.3. The largest absolute Gasteiger partial charge is 0.497 e. The summed E-state index contributed by atoms with van der Waals surface area (Å²) in [7, 11) is -2.00. The highest BCUT2D eigenvalue weighted by Crippen LogP contribution is 2.22. The number of ether oxygens (including phenoxy) is 1. The van der Waals surface area contributed by atoms with Crippen LogP contribution in [0, 0.1) is 0 Å². The molecule has 36 heavy (non-hydrogen) atoms. The molecule has 0 spiro atoms. The number of hydrogen-bond acceptors (Lipinski definition) is 5. The van der Waals surface area contributed by atoms with Gasteiger partial charge in [0.1, 0.15) is 11.8 Å². The molecule has 0 fully saturated rings. The number of amides is 2. The molecule has 1 atom stereocenters. The Balaban J connectivity index is 2.15. The minimum absolute atomic E-state index is 0.119. The highest BCUT2D eigenvalue weighted by molar-refractivity contribution is 7.92. The van der Waals surface area contributed by atoms with Crippen LogP contribution in [0.3, 0.4) is 0 Å². The van der Waals surface area contributed by atoms with E-state index in [4.69, 9.17) is 4.74 Å². The van der Waals surface area contributed by atoms with Crippen LogP contribution in [0.15, 0.2) is 54.6 Å². The Morgan fingerprint density at radius 2 is 1.67 bits per heavy atom. The number of methoxy groups -OCH3 is 1. The maximum Gasteiger partial charge on any atom is 0.242 e. The first-order valence-electron chi connectivity index (χ1n) is 12.4. The summed E-state index contributed by atoms with van der Waals surface area (Å²) in [5.41, 5.74) is 1.44. The summed E-state index contributed by atoms with van der Waals surface area (Å²) in [6.07, 6.45) is 3.91. The average Bonchev–Trinajstić information content (AvgIpc) is 2.86. The van der Waals surface area contributed by atoms with Crippen LogP contribution in [0.5, 0.6) is 5.75 Å². The van der Waals surface area contributed by atoms with E-state index in [0.717, 1.165) is 24.7 Å². The van der Waals surface area contributed by atoms with Crippen molar-refractivity contribution in [3.05, 3.63) is 60.2 Å². The van der Waals surface area contributed by atoms with Gasteiger partial charge in [-0.3, -0.25) is 13.9 Å². The van der Waals surface area contributed by atoms with Gasteiger partial charge in [-0.2, -0.15) is 0 Å². The maximum absolute atomic E-state index is 13.4. The molecule has 2 amide bonds. The standard InChI is InChI=1S/C27H39N3O5S/c1-5-7-19-28-27(32)25(6-2)29(21-22-12-9-8-10-13-22)26(31)14-11-20-30(36(4,33)34)23-15-17-24(35-3)18-16-23/h8-10,12-13,15-18,25H,5-7,11,14,19-21H2,1-4H3,(H,28,32)/t25-/m0/s1. The van der Waals surface area contributed by atoms with Gasteiger partial charge in [0.2, 0.25) is 21.8 Å². The molecule has 2 rings (SSSR count). The second-order valence-corrected chi connectivity index (χ2v) is 10.6. The van der Waals surface area contributed by atoms with E-state index in [2.05, 4.69) is 12.2 Å². The lowest BCUT2D eigenvalue weighted by Crippen LogP contribution is -2.49. The van der Waals surface area contributed by atoms with Crippen LogP contribution in [0.2, 0.25) is 0 Å². The molecule has 0 unspecified atom stereocenters. The molecule has 198 valence electrons. The second kappa shape index (κ2) is 14.5. The zero-order chi connectivity index (χ0) is 26.6. The van der Waals surface area contributed by atoms with Gasteiger partial charge in [-0.05, 0) is 49.1 Å². The Kier molecular flexibility index (Phi) is 11.7. The zero-order valence-electron chi connectivity index (χ0n) is 21.8. The number of nitrogens with zero attached hydrogens (tertiary/aromatic N) is 2. The van der Waals surface area contributed by atoms with Crippen molar-refractivity contribution in [3.8, 4) is 5.75 Å². The van der Waals surface area contributed by atoms with Crippen molar-refractivity contribution in [1.82, 2.24) is 10.2 Å². The molecule has 0 aliphatic rings. The minimum atomic E-state index is -3.55. The molecule has 0 aromatic heterocycles. The third-order valence-corrected chi connectivity index (χ3v) is 7.12. The third-order valence-electron chi connectivity index (χ3n) is 5.92. The van der Waals surface area contributed by atoms with Gasteiger partial charge in [0.25, 0.3) is 0 Å². The fourth-order valence-electron chi connectivity index (χ4n) is 3.96. The number of hydrogen-bond donors (Lipinski definition) is 1. The lowest BCUT2D eigenvalue weighted by Gasteiger charge is -2.31. The monoisotopic (exact) mass is 517 g/mol. The van der Waals surface area contributed by atoms with Crippen molar-refractivity contribution in [2.45, 2.75) is 58.5 Å². The molecule has 8 nitrogen and oxygen atoms in total. The minimum Gasteiger partial charge on any atom is -0.497 e. The van der Waals surface area contributed by atoms with Gasteiger partial charge in [0, 0.05) is 26.1 Å². The van der Waals surface area contributed by atoms with Gasteiger partial charge >= 0.3 is 0 Å². The first-order chi connectivity index (χ1) is 17.2. The topological polar surface area (TPSA) is 96.0 Å². The van der Waals surface area contributed by atoms with Crippen LogP contribution < -0.4 is 14.4 Å². The Labute approximate surface area is 215 Å². The highest BCUT2D eigenvalue weighted by Gasteiger charge is 2.28. The number of unbranched alkanes of at least 4 members (excludes halogenated alkanes) is 1. The van der Waals surface area contributed by atoms with Crippen LogP contribution in [0.25, 0.3) is 0 Å². The molecular formula is C27H39N3O5S. The summed E-state index contributed by atoms with van der Waals surface area (Å²) in [4.78, 5) is 27.9. The first-order valence-corrected chi connectivity index (χ1v) is 14.3. The van der Waals surface area contributed by atoms with Crippen LogP contribution in [-0.2, 0) is 26.2 Å². The molecule has 1 N–H and O–H groups in total. The third kappa shape index (κ3) is 8.86. The number of carbonyl (C=O) groups excluding carboxylic acids is 2. The fourth-order valence-corrected chi connectivity index (χ4v) is 4.92. The molecule has 2 aromatic rings. The second-order valence-electron chi connectivity index (χ2n) is 8.71. The van der Waals surface area contributed by atoms with Crippen molar-refractivity contribution in [1.29, 1.82) is 0 Å². The fraction of sp³-hybridized carbons (Fsp3) is 0.481. The zero-order valence-corrected chi connectivity index (χ0v) is 22.6. The van der Waals surface area contributed by atoms with Crippen LogP contribution in [0.1, 0.15) is 51.5 Å². The summed E-state index contributed by atoms with van der Waals surface area (Å²) in [5, 5.41) is 2.95. The molecular weight excluding hydrogens is 478 g/mol. The predicted octanol–water partition coefficient (Wildman–Crippen LogP) is 3.97. The normalized spacial score (nSPS) is 12.0. The number of carbonyl (C=O) groups is 2. The van der Waals surface area contributed by atoms with Gasteiger partial charge in [0.05, 0.1) is 19.1 Å². The first kappa shape index (κ1) is 29.2. The molecule has 2 aromatic carbocycles. The summed E-state index contributed by atoms with van der Waals surface area (Å²) in [6, 6.07) is 15.7. The van der Waals surface area contributed by atoms with Crippen LogP contribution in [0.4, 0.5) is 5.69 Å². The Morgan fingerprint density at radius 3 is 2.22 bits per heavy atom. The van der Waals surface area contributed by atoms with Gasteiger partial charge in [-0.15, -0.1) is 0 Å². The predicted molar refractivity (Wildman–Crippen MR) is 143 cm³/mol. The lowest BCUT2D eigenvalue weighted by molar-refractivity contribution is -0.141. The van der Waals surface area contributed by atoms with Crippen LogP contribution in [-0.4, -0.2) is 57.6 Å². The van der Waals surface area contributed by atoms with E-state index >= 15 is 0 Å². The molecule has 0 saturated carbocycles. The average molecular weight is 518 g/mol. The summed E-state index contributed by atoms with van der Waals surface area (Å²) >= 11 is 0. The lowest BCUT2D eigenvalue weighted by atomic mass is 10.1. The van der Waals surface area contributed by atoms with E-state index < -0.39 is 16.1 Å². The number of sulfonamides is 1. The molecule has 0 radical (unpaired) electrons. The molecule has 0 saturated heterocycles. The van der Waals surface area contributed by atoms with E-state index in [1.807, 2.05) is 37.3 Å². The van der Waals surface area contributed by atoms with Gasteiger partial charge in [-0.25, -0.2) is 8.42 Å². The van der Waals surface area contributed by atoms with E-state index in [0.29, 0.717) is 37.4 Å². The summed E-state index contributed by atoms with van der Waals surface area (Å²) in [6.45, 7) is 4.98. The van der Waals surface area contributed by atoms with Crippen LogP contribution >= 0.6 is 0 Å². The highest BCUT2D eigenvalue weighted by atomic mass is 32.2. The van der Waals surface area contributed by atoms with Crippen molar-refractivity contribution in [2.75, 3.05) is 30.8 Å². The Bertz CT molecular complexity index is 1060. The summed E-state index contributed by atoms with van der Waals surface area (Å²) in [5.74, 6) is 0.285. The number of nitrogens with one attached hydrogen (secondary N) is 1. The SMILES string of the molecule is CCCCNC(=O)[C@H](CC)N(Cc1ccccc1)C(=O)CCCN(c1ccc(OC)cc1)S(C)(=O)=O. The van der Waals surface area contributed by atoms with Crippen molar-refractivity contribution >= 4 is 27.5 Å². The maximum atomic E-state index is 13.4. The van der Waals surface area contributed by atoms with E-state index in [1.165, 1.54) is 4.31 Å². The number of anilines is 1. The molecule has 0 heterocycles. The van der Waals surface area contributed by atoms with Gasteiger partial charge < -0.3 is 15.0 Å². The number of rotatable bonds is 15. The molecule has 0 bridgehead atoms. The Hall–Kier alpha value is -3.07. The molecule has 0 aliphatic heterocycles. The molecule has 0 aliphatic carbocycles. The van der Waals surface area contributed by atoms with Gasteiger partial charge in [0.15, 0.2) is 0 Å². The number of benzene rings is 2. The van der Waals surface area contributed by atoms with Crippen molar-refractivity contribution < 1.29 is 22.7 Å². The van der Waals surface area contributed by atoms with Gasteiger partial charge in [-0.1, -0.05) is 50.6 Å².